The first-order chi connectivity index (χ1) is 14.2. The van der Waals surface area contributed by atoms with Crippen molar-refractivity contribution in [2.24, 2.45) is 0 Å². The minimum absolute atomic E-state index is 0.163. The molecular formula is C20H21Cl2N3O5. The Morgan fingerprint density at radius 2 is 1.70 bits per heavy atom. The number of nitrogens with zero attached hydrogens (tertiary/aromatic N) is 2. The van der Waals surface area contributed by atoms with E-state index in [4.69, 9.17) is 23.2 Å². The predicted molar refractivity (Wildman–Crippen MR) is 111 cm³/mol. The molecule has 2 heterocycles. The second-order valence-electron chi connectivity index (χ2n) is 7.02. The van der Waals surface area contributed by atoms with Crippen molar-refractivity contribution >= 4 is 41.0 Å². The number of carboxylic acids is 2. The van der Waals surface area contributed by atoms with E-state index in [1.807, 2.05) is 0 Å². The van der Waals surface area contributed by atoms with Gasteiger partial charge in [-0.2, -0.15) is 0 Å². The number of carboxylic acid groups (broad SMARTS) is 2. The van der Waals surface area contributed by atoms with Gasteiger partial charge < -0.3 is 25.3 Å². The maximum Gasteiger partial charge on any atom is 0.334 e. The molecule has 1 aromatic carbocycles. The van der Waals surface area contributed by atoms with Gasteiger partial charge in [-0.05, 0) is 19.1 Å². The van der Waals surface area contributed by atoms with Crippen molar-refractivity contribution in [1.82, 2.24) is 15.1 Å². The molecule has 2 aliphatic rings. The number of piperazine rings is 1. The average Bonchev–Trinajstić information content (AvgIpc) is 2.69. The predicted octanol–water partition coefficient (Wildman–Crippen LogP) is 2.15. The van der Waals surface area contributed by atoms with Crippen LogP contribution in [0.3, 0.4) is 0 Å². The van der Waals surface area contributed by atoms with Crippen LogP contribution in [0.5, 0.6) is 0 Å². The number of aliphatic carboxylic acids is 2. The minimum atomic E-state index is -1.32. The Bertz CT molecular complexity index is 934. The molecule has 8 nitrogen and oxygen atoms in total. The van der Waals surface area contributed by atoms with Crippen LogP contribution >= 0.6 is 23.2 Å². The molecule has 1 atom stereocenters. The Hall–Kier alpha value is -2.55. The summed E-state index contributed by atoms with van der Waals surface area (Å²) in [5, 5.41) is 23.2. The number of carbonyl (C=O) groups is 3. The van der Waals surface area contributed by atoms with Crippen molar-refractivity contribution in [3.05, 3.63) is 56.9 Å². The SMILES string of the molecule is CC1=C(C(=O)O)C(c2c(Cl)cccc2Cl)C(C(=O)O)=CN1CC(=O)N1CCNCC1. The molecule has 10 heteroatoms. The Labute approximate surface area is 183 Å². The van der Waals surface area contributed by atoms with Gasteiger partial charge in [-0.15, -0.1) is 0 Å². The van der Waals surface area contributed by atoms with Gasteiger partial charge in [0, 0.05) is 53.7 Å². The monoisotopic (exact) mass is 453 g/mol. The first-order valence-corrected chi connectivity index (χ1v) is 10.1. The summed E-state index contributed by atoms with van der Waals surface area (Å²) in [5.41, 5.74) is 0.0652. The second-order valence-corrected chi connectivity index (χ2v) is 7.84. The zero-order chi connectivity index (χ0) is 22.0. The van der Waals surface area contributed by atoms with Gasteiger partial charge in [0.25, 0.3) is 0 Å². The van der Waals surface area contributed by atoms with Crippen LogP contribution in [0.25, 0.3) is 0 Å². The van der Waals surface area contributed by atoms with Crippen molar-refractivity contribution in [2.45, 2.75) is 12.8 Å². The van der Waals surface area contributed by atoms with E-state index < -0.39 is 17.9 Å². The number of nitrogens with one attached hydrogen (secondary N) is 1. The van der Waals surface area contributed by atoms with Gasteiger partial charge >= 0.3 is 11.9 Å². The number of benzene rings is 1. The van der Waals surface area contributed by atoms with Crippen LogP contribution in [0.4, 0.5) is 0 Å². The smallest absolute Gasteiger partial charge is 0.334 e. The van der Waals surface area contributed by atoms with E-state index >= 15 is 0 Å². The molecule has 0 saturated carbocycles. The van der Waals surface area contributed by atoms with E-state index in [-0.39, 0.29) is 44.9 Å². The van der Waals surface area contributed by atoms with Gasteiger partial charge in [0.05, 0.1) is 17.1 Å². The zero-order valence-corrected chi connectivity index (χ0v) is 17.7. The highest BCUT2D eigenvalue weighted by Gasteiger charge is 2.39. The van der Waals surface area contributed by atoms with E-state index in [0.717, 1.165) is 0 Å². The summed E-state index contributed by atoms with van der Waals surface area (Å²) in [4.78, 5) is 40.0. The van der Waals surface area contributed by atoms with Crippen LogP contribution in [0, 0.1) is 0 Å². The summed E-state index contributed by atoms with van der Waals surface area (Å²) in [6, 6.07) is 4.64. The van der Waals surface area contributed by atoms with Crippen molar-refractivity contribution in [3.8, 4) is 0 Å². The van der Waals surface area contributed by atoms with Crippen molar-refractivity contribution in [2.75, 3.05) is 32.7 Å². The third-order valence-corrected chi connectivity index (χ3v) is 5.92. The fourth-order valence-corrected chi connectivity index (χ4v) is 4.34. The normalized spacial score (nSPS) is 19.6. The summed E-state index contributed by atoms with van der Waals surface area (Å²) in [6.45, 7) is 3.79. The molecular weight excluding hydrogens is 433 g/mol. The lowest BCUT2D eigenvalue weighted by molar-refractivity contribution is -0.135. The quantitative estimate of drug-likeness (QED) is 0.626. The van der Waals surface area contributed by atoms with Gasteiger partial charge in [-0.1, -0.05) is 29.3 Å². The standard InChI is InChI=1S/C20H21Cl2N3O5/c1-11-16(20(29)30)17(18-13(21)3-2-4-14(18)22)12(19(27)28)9-25(11)10-15(26)24-7-5-23-6-8-24/h2-4,9,17,23H,5-8,10H2,1H3,(H,27,28)(H,29,30). The highest BCUT2D eigenvalue weighted by Crippen LogP contribution is 2.44. The molecule has 1 fully saturated rings. The zero-order valence-electron chi connectivity index (χ0n) is 16.2. The number of halogens is 2. The van der Waals surface area contributed by atoms with Crippen LogP contribution in [-0.2, 0) is 14.4 Å². The molecule has 3 rings (SSSR count). The van der Waals surface area contributed by atoms with E-state index in [9.17, 15) is 24.6 Å². The van der Waals surface area contributed by atoms with Crippen molar-refractivity contribution < 1.29 is 24.6 Å². The number of carbonyl (C=O) groups excluding carboxylic acids is 1. The third kappa shape index (κ3) is 4.30. The number of amides is 1. The second kappa shape index (κ2) is 9.07. The largest absolute Gasteiger partial charge is 0.478 e. The maximum absolute atomic E-state index is 12.7. The lowest BCUT2D eigenvalue weighted by Gasteiger charge is -2.35. The molecule has 0 aromatic heterocycles. The molecule has 0 bridgehead atoms. The van der Waals surface area contributed by atoms with Gasteiger partial charge in [-0.25, -0.2) is 9.59 Å². The molecule has 1 aromatic rings. The molecule has 1 saturated heterocycles. The molecule has 0 aliphatic carbocycles. The third-order valence-electron chi connectivity index (χ3n) is 5.26. The van der Waals surface area contributed by atoms with Crippen LogP contribution in [0.1, 0.15) is 18.4 Å². The highest BCUT2D eigenvalue weighted by molar-refractivity contribution is 6.36. The first-order valence-electron chi connectivity index (χ1n) is 9.30. The maximum atomic E-state index is 12.7. The van der Waals surface area contributed by atoms with Gasteiger partial charge in [-0.3, -0.25) is 4.79 Å². The van der Waals surface area contributed by atoms with E-state index in [1.165, 1.54) is 23.2 Å². The van der Waals surface area contributed by atoms with Crippen molar-refractivity contribution in [1.29, 1.82) is 0 Å². The molecule has 2 aliphatic heterocycles. The Morgan fingerprint density at radius 3 is 2.23 bits per heavy atom. The minimum Gasteiger partial charge on any atom is -0.478 e. The Kier molecular flexibility index (Phi) is 6.70. The van der Waals surface area contributed by atoms with Crippen molar-refractivity contribution in [3.63, 3.8) is 0 Å². The molecule has 0 spiro atoms. The molecule has 1 amide bonds. The van der Waals surface area contributed by atoms with E-state index in [1.54, 1.807) is 17.9 Å². The number of allylic oxidation sites excluding steroid dienone is 1. The highest BCUT2D eigenvalue weighted by atomic mass is 35.5. The summed E-state index contributed by atoms with van der Waals surface area (Å²) in [5.74, 6) is -4.01. The fourth-order valence-electron chi connectivity index (χ4n) is 3.73. The van der Waals surface area contributed by atoms with Crippen LogP contribution in [0.15, 0.2) is 41.2 Å². The number of hydrogen-bond acceptors (Lipinski definition) is 5. The van der Waals surface area contributed by atoms with Gasteiger partial charge in [0.15, 0.2) is 0 Å². The Balaban J connectivity index is 2.06. The Morgan fingerprint density at radius 1 is 1.10 bits per heavy atom. The summed E-state index contributed by atoms with van der Waals surface area (Å²) in [6.07, 6.45) is 1.30. The van der Waals surface area contributed by atoms with E-state index in [2.05, 4.69) is 5.32 Å². The summed E-state index contributed by atoms with van der Waals surface area (Å²) >= 11 is 12.5. The number of hydrogen-bond donors (Lipinski definition) is 3. The topological polar surface area (TPSA) is 110 Å². The molecule has 1 unspecified atom stereocenters. The average molecular weight is 454 g/mol. The van der Waals surface area contributed by atoms with Crippen LogP contribution < -0.4 is 5.32 Å². The molecule has 3 N–H and O–H groups in total. The van der Waals surface area contributed by atoms with Crippen LogP contribution in [-0.4, -0.2) is 70.6 Å². The number of rotatable bonds is 5. The van der Waals surface area contributed by atoms with E-state index in [0.29, 0.717) is 26.2 Å². The summed E-state index contributed by atoms with van der Waals surface area (Å²) < 4.78 is 0. The van der Waals surface area contributed by atoms with Gasteiger partial charge in [0.1, 0.15) is 6.54 Å². The van der Waals surface area contributed by atoms with Gasteiger partial charge in [0.2, 0.25) is 5.91 Å². The summed E-state index contributed by atoms with van der Waals surface area (Å²) in [7, 11) is 0. The lowest BCUT2D eigenvalue weighted by Crippen LogP contribution is -2.49. The molecule has 160 valence electrons. The molecule has 30 heavy (non-hydrogen) atoms. The van der Waals surface area contributed by atoms with Crippen LogP contribution in [0.2, 0.25) is 10.0 Å². The molecule has 0 radical (unpaired) electrons. The lowest BCUT2D eigenvalue weighted by atomic mass is 9.81. The fraction of sp³-hybridized carbons (Fsp3) is 0.350. The first kappa shape index (κ1) is 22.1.